The first kappa shape index (κ1) is 19.9. The molecule has 138 valence electrons. The van der Waals surface area contributed by atoms with Gasteiger partial charge in [-0.15, -0.1) is 24.0 Å². The van der Waals surface area contributed by atoms with Crippen LogP contribution in [0.15, 0.2) is 29.3 Å². The fourth-order valence-corrected chi connectivity index (χ4v) is 4.12. The molecule has 25 heavy (non-hydrogen) atoms. The van der Waals surface area contributed by atoms with Gasteiger partial charge in [0.25, 0.3) is 5.69 Å². The van der Waals surface area contributed by atoms with Crippen molar-refractivity contribution < 1.29 is 4.92 Å². The molecule has 0 amide bonds. The number of non-ortho nitro benzene ring substituents is 1. The van der Waals surface area contributed by atoms with E-state index < -0.39 is 0 Å². The summed E-state index contributed by atoms with van der Waals surface area (Å²) in [6.45, 7) is 2.69. The summed E-state index contributed by atoms with van der Waals surface area (Å²) < 4.78 is 0. The number of aliphatic imine (C=N–C) groups is 1. The van der Waals surface area contributed by atoms with E-state index in [0.29, 0.717) is 12.0 Å². The van der Waals surface area contributed by atoms with Gasteiger partial charge < -0.3 is 10.2 Å². The molecule has 0 aromatic heterocycles. The first-order valence-electron chi connectivity index (χ1n) is 8.81. The van der Waals surface area contributed by atoms with Crippen molar-refractivity contribution in [3.8, 4) is 0 Å². The fraction of sp³-hybridized carbons (Fsp3) is 0.611. The van der Waals surface area contributed by atoms with E-state index in [1.165, 1.54) is 44.6 Å². The number of nitrogens with zero attached hydrogens (tertiary/aromatic N) is 3. The molecule has 1 aromatic rings. The van der Waals surface area contributed by atoms with E-state index in [9.17, 15) is 10.1 Å². The van der Waals surface area contributed by atoms with Crippen LogP contribution in [0.3, 0.4) is 0 Å². The summed E-state index contributed by atoms with van der Waals surface area (Å²) in [5.41, 5.74) is 1.52. The number of nitro benzene ring substituents is 1. The fourth-order valence-electron chi connectivity index (χ4n) is 4.12. The maximum absolute atomic E-state index is 10.9. The Kier molecular flexibility index (Phi) is 7.04. The first-order valence-corrected chi connectivity index (χ1v) is 8.81. The first-order chi connectivity index (χ1) is 11.6. The second-order valence-electron chi connectivity index (χ2n) is 7.06. The smallest absolute Gasteiger partial charge is 0.269 e. The van der Waals surface area contributed by atoms with Crippen LogP contribution in [0.4, 0.5) is 5.69 Å². The van der Waals surface area contributed by atoms with E-state index in [4.69, 9.17) is 0 Å². The summed E-state index contributed by atoms with van der Waals surface area (Å²) in [6, 6.07) is 6.77. The van der Waals surface area contributed by atoms with Gasteiger partial charge in [-0.1, -0.05) is 31.4 Å². The molecule has 0 radical (unpaired) electrons. The molecule has 0 atom stereocenters. The molecule has 7 heteroatoms. The average molecular weight is 458 g/mol. The van der Waals surface area contributed by atoms with Gasteiger partial charge in [0.1, 0.15) is 0 Å². The molecular formula is C18H27IN4O2. The zero-order chi connectivity index (χ0) is 17.0. The minimum atomic E-state index is -0.356. The minimum absolute atomic E-state index is 0. The summed E-state index contributed by atoms with van der Waals surface area (Å²) >= 11 is 0. The number of likely N-dealkylation sites (tertiary alicyclic amines) is 1. The van der Waals surface area contributed by atoms with Gasteiger partial charge in [-0.3, -0.25) is 15.1 Å². The maximum Gasteiger partial charge on any atom is 0.269 e. The molecule has 1 aliphatic carbocycles. The van der Waals surface area contributed by atoms with Crippen molar-refractivity contribution in [3.05, 3.63) is 39.9 Å². The van der Waals surface area contributed by atoms with E-state index in [1.807, 2.05) is 13.1 Å². The number of hydrogen-bond donors (Lipinski definition) is 1. The van der Waals surface area contributed by atoms with Crippen LogP contribution in [0.25, 0.3) is 0 Å². The summed E-state index contributed by atoms with van der Waals surface area (Å²) in [7, 11) is 1.81. The van der Waals surface area contributed by atoms with Crippen LogP contribution in [0.2, 0.25) is 0 Å². The normalized spacial score (nSPS) is 19.6. The Morgan fingerprint density at radius 1 is 1.32 bits per heavy atom. The van der Waals surface area contributed by atoms with Gasteiger partial charge in [0.2, 0.25) is 0 Å². The topological polar surface area (TPSA) is 70.8 Å². The minimum Gasteiger partial charge on any atom is -0.352 e. The SMILES string of the molecule is CN=C(NCc1cccc([N+](=O)[O-])c1)N1CCC2(CCCCC2)C1.I. The van der Waals surface area contributed by atoms with Gasteiger partial charge >= 0.3 is 0 Å². The van der Waals surface area contributed by atoms with Crippen LogP contribution < -0.4 is 5.32 Å². The van der Waals surface area contributed by atoms with E-state index in [-0.39, 0.29) is 34.6 Å². The zero-order valence-electron chi connectivity index (χ0n) is 14.7. The molecule has 1 aromatic carbocycles. The highest BCUT2D eigenvalue weighted by Crippen LogP contribution is 2.43. The lowest BCUT2D eigenvalue weighted by Gasteiger charge is -2.33. The van der Waals surface area contributed by atoms with Crippen molar-refractivity contribution in [2.24, 2.45) is 10.4 Å². The molecule has 1 N–H and O–H groups in total. The van der Waals surface area contributed by atoms with Gasteiger partial charge in [0, 0.05) is 38.8 Å². The molecule has 6 nitrogen and oxygen atoms in total. The molecule has 0 unspecified atom stereocenters. The predicted octanol–water partition coefficient (Wildman–Crippen LogP) is 3.94. The van der Waals surface area contributed by atoms with Crippen molar-refractivity contribution in [2.75, 3.05) is 20.1 Å². The van der Waals surface area contributed by atoms with Crippen molar-refractivity contribution in [3.63, 3.8) is 0 Å². The van der Waals surface area contributed by atoms with E-state index in [0.717, 1.165) is 24.6 Å². The number of benzene rings is 1. The summed E-state index contributed by atoms with van der Waals surface area (Å²) in [6.07, 6.45) is 8.02. The third kappa shape index (κ3) is 4.83. The second kappa shape index (κ2) is 8.82. The van der Waals surface area contributed by atoms with E-state index >= 15 is 0 Å². The Morgan fingerprint density at radius 2 is 2.08 bits per heavy atom. The Hall–Kier alpha value is -1.38. The van der Waals surface area contributed by atoms with Crippen molar-refractivity contribution in [1.29, 1.82) is 0 Å². The monoisotopic (exact) mass is 458 g/mol. The number of nitrogens with one attached hydrogen (secondary N) is 1. The average Bonchev–Trinajstić information content (AvgIpc) is 2.99. The van der Waals surface area contributed by atoms with Crippen molar-refractivity contribution in [1.82, 2.24) is 10.2 Å². The third-order valence-electron chi connectivity index (χ3n) is 5.44. The number of nitro groups is 1. The van der Waals surface area contributed by atoms with E-state index in [1.54, 1.807) is 12.1 Å². The lowest BCUT2D eigenvalue weighted by atomic mass is 9.73. The van der Waals surface area contributed by atoms with Gasteiger partial charge in [-0.05, 0) is 30.2 Å². The third-order valence-corrected chi connectivity index (χ3v) is 5.44. The molecule has 0 bridgehead atoms. The number of hydrogen-bond acceptors (Lipinski definition) is 3. The van der Waals surface area contributed by atoms with Gasteiger partial charge in [0.05, 0.1) is 4.92 Å². The molecule has 1 heterocycles. The molecule has 2 aliphatic rings. The summed E-state index contributed by atoms with van der Waals surface area (Å²) in [4.78, 5) is 17.3. The van der Waals surface area contributed by atoms with Crippen LogP contribution in [0.5, 0.6) is 0 Å². The number of rotatable bonds is 3. The molecule has 2 fully saturated rings. The van der Waals surface area contributed by atoms with Crippen LogP contribution in [0.1, 0.15) is 44.1 Å². The maximum atomic E-state index is 10.9. The highest BCUT2D eigenvalue weighted by molar-refractivity contribution is 14.0. The quantitative estimate of drug-likeness (QED) is 0.245. The summed E-state index contributed by atoms with van der Waals surface area (Å²) in [5.74, 6) is 0.906. The van der Waals surface area contributed by atoms with Gasteiger partial charge in [0.15, 0.2) is 5.96 Å². The number of halogens is 1. The van der Waals surface area contributed by atoms with Crippen molar-refractivity contribution >= 4 is 35.6 Å². The molecule has 1 spiro atoms. The standard InChI is InChI=1S/C18H26N4O2.HI/c1-19-17(20-13-15-6-5-7-16(12-15)22(23)24)21-11-10-18(14-21)8-3-2-4-9-18;/h5-7,12H,2-4,8-11,13-14H2,1H3,(H,19,20);1H. The van der Waals surface area contributed by atoms with Gasteiger partial charge in [-0.2, -0.15) is 0 Å². The van der Waals surface area contributed by atoms with Crippen LogP contribution in [-0.2, 0) is 6.54 Å². The van der Waals surface area contributed by atoms with Crippen molar-refractivity contribution in [2.45, 2.75) is 45.1 Å². The number of guanidine groups is 1. The molecule has 3 rings (SSSR count). The predicted molar refractivity (Wildman–Crippen MR) is 110 cm³/mol. The molecule has 1 saturated heterocycles. The molecular weight excluding hydrogens is 431 g/mol. The lowest BCUT2D eigenvalue weighted by molar-refractivity contribution is -0.384. The Bertz CT molecular complexity index is 629. The Labute approximate surface area is 166 Å². The highest BCUT2D eigenvalue weighted by Gasteiger charge is 2.39. The van der Waals surface area contributed by atoms with Crippen LogP contribution in [-0.4, -0.2) is 35.9 Å². The van der Waals surface area contributed by atoms with E-state index in [2.05, 4.69) is 15.2 Å². The summed E-state index contributed by atoms with van der Waals surface area (Å²) in [5, 5.41) is 14.3. The highest BCUT2D eigenvalue weighted by atomic mass is 127. The Morgan fingerprint density at radius 3 is 2.76 bits per heavy atom. The van der Waals surface area contributed by atoms with Crippen LogP contribution >= 0.6 is 24.0 Å². The van der Waals surface area contributed by atoms with Crippen LogP contribution in [0, 0.1) is 15.5 Å². The zero-order valence-corrected chi connectivity index (χ0v) is 17.1. The second-order valence-corrected chi connectivity index (χ2v) is 7.06. The lowest BCUT2D eigenvalue weighted by Crippen LogP contribution is -2.41. The Balaban J connectivity index is 0.00000225. The molecule has 1 saturated carbocycles. The van der Waals surface area contributed by atoms with Gasteiger partial charge in [-0.25, -0.2) is 0 Å². The largest absolute Gasteiger partial charge is 0.352 e. The molecule has 1 aliphatic heterocycles.